The van der Waals surface area contributed by atoms with Crippen LogP contribution in [0.5, 0.6) is 11.5 Å². The molecular weight excluding hydrogens is 433 g/mol. The van der Waals surface area contributed by atoms with Gasteiger partial charge in [-0.05, 0) is 75.1 Å². The summed E-state index contributed by atoms with van der Waals surface area (Å²) in [5.41, 5.74) is 1.28. The summed E-state index contributed by atoms with van der Waals surface area (Å²) in [7, 11) is 2.02. The van der Waals surface area contributed by atoms with Crippen LogP contribution in [0.3, 0.4) is 0 Å². The molecule has 5 nitrogen and oxygen atoms in total. The highest BCUT2D eigenvalue weighted by Crippen LogP contribution is 2.29. The van der Waals surface area contributed by atoms with Gasteiger partial charge in [-0.15, -0.1) is 13.2 Å². The van der Waals surface area contributed by atoms with Gasteiger partial charge in [0.25, 0.3) is 0 Å². The van der Waals surface area contributed by atoms with Crippen molar-refractivity contribution < 1.29 is 27.8 Å². The fraction of sp³-hybridized carbons (Fsp3) is 0.520. The summed E-state index contributed by atoms with van der Waals surface area (Å²) in [6, 6.07) is 13.9. The molecule has 182 valence electrons. The minimum absolute atomic E-state index is 0.136. The van der Waals surface area contributed by atoms with Crippen LogP contribution in [0.4, 0.5) is 18.9 Å². The maximum atomic E-state index is 12.3. The second-order valence-corrected chi connectivity index (χ2v) is 9.02. The van der Waals surface area contributed by atoms with E-state index in [4.69, 9.17) is 4.74 Å². The number of rotatable bonds is 9. The molecule has 1 N–H and O–H groups in total. The predicted molar refractivity (Wildman–Crippen MR) is 123 cm³/mol. The van der Waals surface area contributed by atoms with Gasteiger partial charge in [-0.3, -0.25) is 4.90 Å². The summed E-state index contributed by atoms with van der Waals surface area (Å²) < 4.78 is 46.5. The van der Waals surface area contributed by atoms with Crippen molar-refractivity contribution in [3.63, 3.8) is 0 Å². The van der Waals surface area contributed by atoms with Crippen molar-refractivity contribution in [1.82, 2.24) is 4.90 Å². The third-order valence-corrected chi connectivity index (χ3v) is 5.91. The smallest absolute Gasteiger partial charge is 0.491 e. The standard InChI is InChI=1S/C25H33F3N2O3/c1-19(2)32-22-10-6-21(7-11-22)29(3)15-12-24(31)13-16-30(17-14-24)18-20-4-8-23(9-5-20)33-25(26,27)28/h4-11,19,31H,12-18H2,1-3H3. The van der Waals surface area contributed by atoms with E-state index in [1.165, 1.54) is 12.1 Å². The molecule has 0 radical (unpaired) electrons. The Labute approximate surface area is 193 Å². The van der Waals surface area contributed by atoms with E-state index in [9.17, 15) is 18.3 Å². The molecule has 1 aliphatic rings. The number of benzene rings is 2. The first-order valence-electron chi connectivity index (χ1n) is 11.3. The normalized spacial score (nSPS) is 16.6. The lowest BCUT2D eigenvalue weighted by Gasteiger charge is -2.39. The van der Waals surface area contributed by atoms with Crippen LogP contribution in [0.2, 0.25) is 0 Å². The number of likely N-dealkylation sites (tertiary alicyclic amines) is 1. The number of anilines is 1. The molecule has 1 heterocycles. The Morgan fingerprint density at radius 1 is 1.00 bits per heavy atom. The van der Waals surface area contributed by atoms with Crippen LogP contribution >= 0.6 is 0 Å². The molecule has 0 atom stereocenters. The topological polar surface area (TPSA) is 45.2 Å². The first-order chi connectivity index (χ1) is 15.5. The first-order valence-corrected chi connectivity index (χ1v) is 11.3. The zero-order chi connectivity index (χ0) is 24.1. The van der Waals surface area contributed by atoms with E-state index in [-0.39, 0.29) is 11.9 Å². The van der Waals surface area contributed by atoms with Crippen LogP contribution in [0, 0.1) is 0 Å². The Hall–Kier alpha value is -2.45. The van der Waals surface area contributed by atoms with E-state index in [0.29, 0.717) is 25.8 Å². The molecule has 0 saturated carbocycles. The van der Waals surface area contributed by atoms with E-state index in [0.717, 1.165) is 36.6 Å². The minimum atomic E-state index is -4.68. The molecule has 1 saturated heterocycles. The molecule has 0 spiro atoms. The van der Waals surface area contributed by atoms with E-state index in [1.807, 2.05) is 45.2 Å². The molecule has 0 bridgehead atoms. The third-order valence-electron chi connectivity index (χ3n) is 5.91. The van der Waals surface area contributed by atoms with Gasteiger partial charge in [0.2, 0.25) is 0 Å². The van der Waals surface area contributed by atoms with Gasteiger partial charge in [0.1, 0.15) is 11.5 Å². The lowest BCUT2D eigenvalue weighted by atomic mass is 9.88. The quantitative estimate of drug-likeness (QED) is 0.549. The average Bonchev–Trinajstić information content (AvgIpc) is 2.74. The second-order valence-electron chi connectivity index (χ2n) is 9.02. The largest absolute Gasteiger partial charge is 0.573 e. The van der Waals surface area contributed by atoms with E-state index >= 15 is 0 Å². The van der Waals surface area contributed by atoms with Gasteiger partial charge < -0.3 is 19.5 Å². The number of halogens is 3. The molecular formula is C25H33F3N2O3. The highest BCUT2D eigenvalue weighted by molar-refractivity contribution is 5.48. The summed E-state index contributed by atoms with van der Waals surface area (Å²) in [4.78, 5) is 4.35. The second kappa shape index (κ2) is 10.7. The van der Waals surface area contributed by atoms with Crippen molar-refractivity contribution in [3.8, 4) is 11.5 Å². The van der Waals surface area contributed by atoms with Crippen LogP contribution in [-0.2, 0) is 6.54 Å². The zero-order valence-electron chi connectivity index (χ0n) is 19.4. The van der Waals surface area contributed by atoms with Crippen molar-refractivity contribution in [2.45, 2.75) is 57.7 Å². The molecule has 1 fully saturated rings. The fourth-order valence-corrected chi connectivity index (χ4v) is 3.99. The number of hydrogen-bond donors (Lipinski definition) is 1. The van der Waals surface area contributed by atoms with E-state index in [1.54, 1.807) is 12.1 Å². The fourth-order valence-electron chi connectivity index (χ4n) is 3.99. The summed E-state index contributed by atoms with van der Waals surface area (Å²) in [6.45, 7) is 6.84. The van der Waals surface area contributed by atoms with Gasteiger partial charge in [-0.1, -0.05) is 12.1 Å². The number of piperidine rings is 1. The predicted octanol–water partition coefficient (Wildman–Crippen LogP) is 5.23. The number of nitrogens with zero attached hydrogens (tertiary/aromatic N) is 2. The van der Waals surface area contributed by atoms with Gasteiger partial charge in [0, 0.05) is 38.9 Å². The third kappa shape index (κ3) is 8.12. The van der Waals surface area contributed by atoms with Crippen molar-refractivity contribution in [2.75, 3.05) is 31.6 Å². The maximum absolute atomic E-state index is 12.3. The number of hydrogen-bond acceptors (Lipinski definition) is 5. The van der Waals surface area contributed by atoms with Gasteiger partial charge in [0.15, 0.2) is 0 Å². The molecule has 0 aromatic heterocycles. The SMILES string of the molecule is CC(C)Oc1ccc(N(C)CCC2(O)CCN(Cc3ccc(OC(F)(F)F)cc3)CC2)cc1. The van der Waals surface area contributed by atoms with Crippen LogP contribution in [-0.4, -0.2) is 54.8 Å². The molecule has 0 amide bonds. The highest BCUT2D eigenvalue weighted by atomic mass is 19.4. The first kappa shape index (κ1) is 25.2. The summed E-state index contributed by atoms with van der Waals surface area (Å²) in [5.74, 6) is 0.626. The lowest BCUT2D eigenvalue weighted by molar-refractivity contribution is -0.274. The Balaban J connectivity index is 1.43. The number of alkyl halides is 3. The van der Waals surface area contributed by atoms with Crippen molar-refractivity contribution in [2.24, 2.45) is 0 Å². The highest BCUT2D eigenvalue weighted by Gasteiger charge is 2.33. The van der Waals surface area contributed by atoms with Crippen LogP contribution in [0.15, 0.2) is 48.5 Å². The van der Waals surface area contributed by atoms with Crippen molar-refractivity contribution in [3.05, 3.63) is 54.1 Å². The van der Waals surface area contributed by atoms with Crippen LogP contribution in [0.25, 0.3) is 0 Å². The van der Waals surface area contributed by atoms with Gasteiger partial charge in [0.05, 0.1) is 11.7 Å². The Morgan fingerprint density at radius 2 is 1.58 bits per heavy atom. The monoisotopic (exact) mass is 466 g/mol. The summed E-state index contributed by atoms with van der Waals surface area (Å²) >= 11 is 0. The zero-order valence-corrected chi connectivity index (χ0v) is 19.4. The average molecular weight is 467 g/mol. The molecule has 3 rings (SSSR count). The molecule has 0 unspecified atom stereocenters. The van der Waals surface area contributed by atoms with E-state index < -0.39 is 12.0 Å². The van der Waals surface area contributed by atoms with Gasteiger partial charge >= 0.3 is 6.36 Å². The minimum Gasteiger partial charge on any atom is -0.491 e. The molecule has 1 aliphatic heterocycles. The molecule has 33 heavy (non-hydrogen) atoms. The van der Waals surface area contributed by atoms with E-state index in [2.05, 4.69) is 14.5 Å². The van der Waals surface area contributed by atoms with Crippen LogP contribution < -0.4 is 14.4 Å². The van der Waals surface area contributed by atoms with Crippen molar-refractivity contribution in [1.29, 1.82) is 0 Å². The molecule has 2 aromatic carbocycles. The molecule has 0 aliphatic carbocycles. The molecule has 2 aromatic rings. The maximum Gasteiger partial charge on any atom is 0.573 e. The lowest BCUT2D eigenvalue weighted by Crippen LogP contribution is -2.45. The Kier molecular flexibility index (Phi) is 8.13. The summed E-state index contributed by atoms with van der Waals surface area (Å²) in [6.07, 6.45) is -2.55. The van der Waals surface area contributed by atoms with Crippen molar-refractivity contribution >= 4 is 5.69 Å². The summed E-state index contributed by atoms with van der Waals surface area (Å²) in [5, 5.41) is 11.0. The van der Waals surface area contributed by atoms with Gasteiger partial charge in [-0.2, -0.15) is 0 Å². The Morgan fingerprint density at radius 3 is 2.12 bits per heavy atom. The Bertz CT molecular complexity index is 862. The van der Waals surface area contributed by atoms with Crippen LogP contribution in [0.1, 0.15) is 38.7 Å². The molecule has 8 heteroatoms. The number of ether oxygens (including phenoxy) is 2. The van der Waals surface area contributed by atoms with Gasteiger partial charge in [-0.25, -0.2) is 0 Å². The number of aliphatic hydroxyl groups is 1.